The molecule has 2 fully saturated rings. The third-order valence-electron chi connectivity index (χ3n) is 5.50. The van der Waals surface area contributed by atoms with E-state index in [-0.39, 0.29) is 0 Å². The first-order chi connectivity index (χ1) is 10.7. The smallest absolute Gasteiger partial charge is 0.159 e. The van der Waals surface area contributed by atoms with Gasteiger partial charge in [0, 0.05) is 5.92 Å². The lowest BCUT2D eigenvalue weighted by Gasteiger charge is -2.37. The Morgan fingerprint density at radius 1 is 0.909 bits per heavy atom. The van der Waals surface area contributed by atoms with Crippen LogP contribution in [0.15, 0.2) is 30.9 Å². The molecule has 0 heterocycles. The van der Waals surface area contributed by atoms with E-state index < -0.39 is 11.6 Å². The zero-order valence-corrected chi connectivity index (χ0v) is 13.1. The van der Waals surface area contributed by atoms with Crippen LogP contribution in [0.4, 0.5) is 8.78 Å². The van der Waals surface area contributed by atoms with Crippen molar-refractivity contribution in [2.45, 2.75) is 51.4 Å². The van der Waals surface area contributed by atoms with Gasteiger partial charge in [-0.3, -0.25) is 0 Å². The molecule has 0 aromatic heterocycles. The summed E-state index contributed by atoms with van der Waals surface area (Å²) >= 11 is 0. The molecule has 118 valence electrons. The minimum atomic E-state index is -0.757. The van der Waals surface area contributed by atoms with Gasteiger partial charge in [0.1, 0.15) is 0 Å². The summed E-state index contributed by atoms with van der Waals surface area (Å²) in [5, 5.41) is 0. The number of allylic oxidation sites excluding steroid dienone is 1. The maximum Gasteiger partial charge on any atom is 0.159 e. The molecule has 0 atom stereocenters. The van der Waals surface area contributed by atoms with Crippen LogP contribution in [-0.2, 0) is 0 Å². The topological polar surface area (TPSA) is 0 Å². The Balaban J connectivity index is 1.54. The Bertz CT molecular complexity index is 506. The van der Waals surface area contributed by atoms with Crippen molar-refractivity contribution >= 4 is 0 Å². The van der Waals surface area contributed by atoms with Gasteiger partial charge in [-0.1, -0.05) is 12.1 Å². The number of halogens is 2. The Labute approximate surface area is 132 Å². The van der Waals surface area contributed by atoms with E-state index in [1.165, 1.54) is 56.6 Å². The first-order valence-electron chi connectivity index (χ1n) is 8.44. The molecule has 2 aliphatic carbocycles. The van der Waals surface area contributed by atoms with Gasteiger partial charge in [-0.05, 0) is 86.8 Å². The molecule has 22 heavy (non-hydrogen) atoms. The Kier molecular flexibility index (Phi) is 4.95. The molecule has 0 spiro atoms. The van der Waals surface area contributed by atoms with Crippen LogP contribution >= 0.6 is 0 Å². The van der Waals surface area contributed by atoms with Crippen LogP contribution in [0.5, 0.6) is 0 Å². The number of hydrogen-bond acceptors (Lipinski definition) is 0. The van der Waals surface area contributed by atoms with Gasteiger partial charge in [-0.15, -0.1) is 6.58 Å². The van der Waals surface area contributed by atoms with Crippen molar-refractivity contribution in [1.29, 1.82) is 0 Å². The average molecular weight is 302 g/mol. The van der Waals surface area contributed by atoms with Crippen LogP contribution in [-0.4, -0.2) is 0 Å². The minimum absolute atomic E-state index is 0.705. The summed E-state index contributed by atoms with van der Waals surface area (Å²) in [5.74, 6) is 2.98. The Morgan fingerprint density at radius 3 is 2.18 bits per heavy atom. The number of hydrogen-bond donors (Lipinski definition) is 0. The van der Waals surface area contributed by atoms with Crippen molar-refractivity contribution in [2.24, 2.45) is 11.8 Å². The fourth-order valence-electron chi connectivity index (χ4n) is 4.03. The zero-order chi connectivity index (χ0) is 15.5. The second kappa shape index (κ2) is 6.93. The first kappa shape index (κ1) is 15.7. The predicted octanol–water partition coefficient (Wildman–Crippen LogP) is 6.03. The van der Waals surface area contributed by atoms with E-state index in [2.05, 4.69) is 12.7 Å². The summed E-state index contributed by atoms with van der Waals surface area (Å²) in [5.41, 5.74) is 0.887. The minimum Gasteiger partial charge on any atom is -0.204 e. The van der Waals surface area contributed by atoms with E-state index in [0.717, 1.165) is 24.3 Å². The van der Waals surface area contributed by atoms with Crippen molar-refractivity contribution in [3.63, 3.8) is 0 Å². The van der Waals surface area contributed by atoms with Crippen molar-refractivity contribution in [3.8, 4) is 0 Å². The third kappa shape index (κ3) is 3.42. The van der Waals surface area contributed by atoms with E-state index in [1.807, 2.05) is 0 Å². The summed E-state index contributed by atoms with van der Waals surface area (Å²) in [7, 11) is 0. The molecule has 1 aromatic rings. The fourth-order valence-corrected chi connectivity index (χ4v) is 4.03. The van der Waals surface area contributed by atoms with Crippen LogP contribution in [0.3, 0.4) is 0 Å². The lowest BCUT2D eigenvalue weighted by atomic mass is 9.68. The zero-order valence-electron chi connectivity index (χ0n) is 13.1. The SMILES string of the molecule is C=CC1CC[C](C2CC[C](c3ccc(F)c(F)c3)CC2)CC1. The molecule has 0 aliphatic heterocycles. The van der Waals surface area contributed by atoms with Gasteiger partial charge < -0.3 is 0 Å². The van der Waals surface area contributed by atoms with Crippen molar-refractivity contribution in [3.05, 3.63) is 59.9 Å². The van der Waals surface area contributed by atoms with Gasteiger partial charge >= 0.3 is 0 Å². The van der Waals surface area contributed by atoms with Crippen molar-refractivity contribution < 1.29 is 8.78 Å². The fraction of sp³-hybridized carbons (Fsp3) is 0.500. The Morgan fingerprint density at radius 2 is 1.59 bits per heavy atom. The molecule has 0 N–H and O–H groups in total. The first-order valence-corrected chi connectivity index (χ1v) is 8.44. The molecule has 0 saturated heterocycles. The van der Waals surface area contributed by atoms with Gasteiger partial charge in [0.15, 0.2) is 11.6 Å². The predicted molar refractivity (Wildman–Crippen MR) is 86.1 cm³/mol. The van der Waals surface area contributed by atoms with Crippen LogP contribution in [0.1, 0.15) is 56.9 Å². The maximum absolute atomic E-state index is 13.4. The van der Waals surface area contributed by atoms with Crippen LogP contribution < -0.4 is 0 Å². The molecule has 2 saturated carbocycles. The molecule has 2 heteroatoms. The highest BCUT2D eigenvalue weighted by Crippen LogP contribution is 2.44. The lowest BCUT2D eigenvalue weighted by Crippen LogP contribution is -2.23. The lowest BCUT2D eigenvalue weighted by molar-refractivity contribution is 0.319. The second-order valence-electron chi connectivity index (χ2n) is 6.74. The molecule has 0 bridgehead atoms. The van der Waals surface area contributed by atoms with Gasteiger partial charge in [-0.2, -0.15) is 0 Å². The van der Waals surface area contributed by atoms with Gasteiger partial charge in [-0.25, -0.2) is 8.78 Å². The highest BCUT2D eigenvalue weighted by Gasteiger charge is 2.31. The van der Waals surface area contributed by atoms with E-state index >= 15 is 0 Å². The molecular weight excluding hydrogens is 278 g/mol. The molecule has 0 amide bonds. The molecule has 2 radical (unpaired) electrons. The molecule has 0 nitrogen and oxygen atoms in total. The molecule has 1 aromatic carbocycles. The number of rotatable bonds is 3. The highest BCUT2D eigenvalue weighted by molar-refractivity contribution is 5.32. The van der Waals surface area contributed by atoms with Gasteiger partial charge in [0.25, 0.3) is 0 Å². The van der Waals surface area contributed by atoms with Gasteiger partial charge in [0.2, 0.25) is 0 Å². The maximum atomic E-state index is 13.4. The summed E-state index contributed by atoms with van der Waals surface area (Å²) in [6, 6.07) is 4.32. The summed E-state index contributed by atoms with van der Waals surface area (Å²) in [6.07, 6.45) is 11.5. The largest absolute Gasteiger partial charge is 0.204 e. The molecule has 2 aliphatic rings. The number of benzene rings is 1. The highest BCUT2D eigenvalue weighted by atomic mass is 19.2. The summed E-state index contributed by atoms with van der Waals surface area (Å²) in [4.78, 5) is 0. The molecular formula is C20H24F2. The van der Waals surface area contributed by atoms with Gasteiger partial charge in [0.05, 0.1) is 0 Å². The van der Waals surface area contributed by atoms with E-state index in [9.17, 15) is 8.78 Å². The normalized spacial score (nSPS) is 22.8. The van der Waals surface area contributed by atoms with Crippen LogP contribution in [0, 0.1) is 35.3 Å². The molecule has 3 rings (SSSR count). The van der Waals surface area contributed by atoms with Crippen molar-refractivity contribution in [2.75, 3.05) is 0 Å². The summed E-state index contributed by atoms with van der Waals surface area (Å²) in [6.45, 7) is 3.91. The van der Waals surface area contributed by atoms with Crippen molar-refractivity contribution in [1.82, 2.24) is 0 Å². The molecule has 0 unspecified atom stereocenters. The van der Waals surface area contributed by atoms with E-state index in [1.54, 1.807) is 12.0 Å². The van der Waals surface area contributed by atoms with E-state index in [0.29, 0.717) is 5.92 Å². The van der Waals surface area contributed by atoms with E-state index in [4.69, 9.17) is 0 Å². The van der Waals surface area contributed by atoms with Crippen LogP contribution in [0.25, 0.3) is 0 Å². The second-order valence-corrected chi connectivity index (χ2v) is 6.74. The quantitative estimate of drug-likeness (QED) is 0.598. The monoisotopic (exact) mass is 302 g/mol. The van der Waals surface area contributed by atoms with Crippen LogP contribution in [0.2, 0.25) is 0 Å². The summed E-state index contributed by atoms with van der Waals surface area (Å²) < 4.78 is 26.4. The Hall–Kier alpha value is -1.18. The standard InChI is InChI=1S/C20H24F2/c1-2-14-3-5-15(6-4-14)16-7-9-17(10-8-16)18-11-12-19(21)20(22)13-18/h2,11-14,16H,1,3-10H2. The average Bonchev–Trinajstić information content (AvgIpc) is 2.58. The third-order valence-corrected chi connectivity index (χ3v) is 5.50.